The van der Waals surface area contributed by atoms with E-state index in [1.54, 1.807) is 18.1 Å². The number of methoxy groups -OCH3 is 1. The number of ketones is 1. The fourth-order valence-corrected chi connectivity index (χ4v) is 4.31. The molecular weight excluding hydrogens is 316 g/mol. The average Bonchev–Trinajstić information content (AvgIpc) is 2.85. The molecule has 0 N–H and O–H groups in total. The molecule has 1 saturated heterocycles. The third-order valence-electron chi connectivity index (χ3n) is 5.48. The Labute approximate surface area is 148 Å². The zero-order valence-electron chi connectivity index (χ0n) is 15.1. The second kappa shape index (κ2) is 5.70. The lowest BCUT2D eigenvalue weighted by molar-refractivity contribution is -0.115. The topological polar surface area (TPSA) is 49.9 Å². The summed E-state index contributed by atoms with van der Waals surface area (Å²) in [6, 6.07) is 3.65. The fraction of sp³-hybridized carbons (Fsp3) is 0.500. The molecule has 25 heavy (non-hydrogen) atoms. The fourth-order valence-electron chi connectivity index (χ4n) is 4.31. The molecule has 0 atom stereocenters. The van der Waals surface area contributed by atoms with Crippen LogP contribution in [0, 0.1) is 0 Å². The van der Waals surface area contributed by atoms with Gasteiger partial charge in [0, 0.05) is 12.1 Å². The van der Waals surface area contributed by atoms with Crippen LogP contribution in [0.25, 0.3) is 5.57 Å². The number of carbonyl (C=O) groups excluding carboxylic acids is 2. The lowest BCUT2D eigenvalue weighted by atomic mass is 9.87. The van der Waals surface area contributed by atoms with Gasteiger partial charge in [-0.25, -0.2) is 0 Å². The molecule has 0 unspecified atom stereocenters. The number of likely N-dealkylation sites (tertiary alicyclic amines) is 1. The second-order valence-electron chi connectivity index (χ2n) is 7.70. The van der Waals surface area contributed by atoms with E-state index in [-0.39, 0.29) is 0 Å². The van der Waals surface area contributed by atoms with Gasteiger partial charge in [0.15, 0.2) is 0 Å². The predicted molar refractivity (Wildman–Crippen MR) is 97.2 cm³/mol. The number of Topliss-reactive ketones (excluding diaryl/α,β-unsaturated/α-hetero) is 1. The Morgan fingerprint density at radius 1 is 1.08 bits per heavy atom. The van der Waals surface area contributed by atoms with Crippen LogP contribution in [0.2, 0.25) is 0 Å². The predicted octanol–water partition coefficient (Wildman–Crippen LogP) is 2.89. The van der Waals surface area contributed by atoms with Crippen LogP contribution in [0.15, 0.2) is 18.2 Å². The quantitative estimate of drug-likeness (QED) is 0.794. The van der Waals surface area contributed by atoms with Crippen LogP contribution in [-0.4, -0.2) is 48.9 Å². The molecule has 1 amide bonds. The van der Waals surface area contributed by atoms with E-state index in [4.69, 9.17) is 4.74 Å². The highest BCUT2D eigenvalue weighted by Crippen LogP contribution is 2.47. The van der Waals surface area contributed by atoms with Gasteiger partial charge in [0.05, 0.1) is 23.9 Å². The van der Waals surface area contributed by atoms with Crippen LogP contribution in [-0.2, 0) is 4.79 Å². The number of hydrogen-bond acceptors (Lipinski definition) is 4. The molecule has 1 aromatic rings. The first-order valence-corrected chi connectivity index (χ1v) is 8.98. The van der Waals surface area contributed by atoms with Gasteiger partial charge in [-0.3, -0.25) is 19.4 Å². The summed E-state index contributed by atoms with van der Waals surface area (Å²) in [5.74, 6) is -0.250. The maximum Gasteiger partial charge on any atom is 0.300 e. The van der Waals surface area contributed by atoms with E-state index in [0.717, 1.165) is 30.9 Å². The molecule has 3 heterocycles. The number of anilines is 1. The molecule has 3 aliphatic rings. The molecule has 0 radical (unpaired) electrons. The van der Waals surface area contributed by atoms with Crippen LogP contribution >= 0.6 is 0 Å². The lowest BCUT2D eigenvalue weighted by Gasteiger charge is -2.40. The van der Waals surface area contributed by atoms with Crippen molar-refractivity contribution >= 4 is 23.0 Å². The van der Waals surface area contributed by atoms with Gasteiger partial charge in [-0.15, -0.1) is 0 Å². The van der Waals surface area contributed by atoms with Crippen molar-refractivity contribution in [3.8, 4) is 5.75 Å². The molecule has 4 rings (SSSR count). The van der Waals surface area contributed by atoms with Crippen LogP contribution in [0.3, 0.4) is 0 Å². The smallest absolute Gasteiger partial charge is 0.300 e. The number of amides is 1. The SMILES string of the molecule is COc1cc2c3c(c1)C(CN1CCCCC1)=CC(C)(C)N3C(=O)C2=O. The molecule has 0 spiro atoms. The van der Waals surface area contributed by atoms with E-state index in [1.165, 1.54) is 24.8 Å². The van der Waals surface area contributed by atoms with Crippen molar-refractivity contribution in [2.45, 2.75) is 38.6 Å². The first kappa shape index (κ1) is 16.3. The first-order chi connectivity index (χ1) is 11.9. The Morgan fingerprint density at radius 3 is 2.44 bits per heavy atom. The second-order valence-corrected chi connectivity index (χ2v) is 7.70. The minimum absolute atomic E-state index is 0.434. The summed E-state index contributed by atoms with van der Waals surface area (Å²) in [6.07, 6.45) is 5.90. The first-order valence-electron chi connectivity index (χ1n) is 8.98. The minimum atomic E-state index is -0.509. The normalized spacial score (nSPS) is 22.0. The number of piperidine rings is 1. The van der Waals surface area contributed by atoms with Crippen molar-refractivity contribution in [1.29, 1.82) is 0 Å². The van der Waals surface area contributed by atoms with Gasteiger partial charge in [-0.2, -0.15) is 0 Å². The van der Waals surface area contributed by atoms with E-state index in [1.807, 2.05) is 19.9 Å². The summed E-state index contributed by atoms with van der Waals surface area (Å²) in [5.41, 5.74) is 2.86. The minimum Gasteiger partial charge on any atom is -0.497 e. The molecule has 0 aliphatic carbocycles. The molecule has 0 saturated carbocycles. The summed E-state index contributed by atoms with van der Waals surface area (Å²) in [6.45, 7) is 7.05. The van der Waals surface area contributed by atoms with Gasteiger partial charge in [0.1, 0.15) is 5.75 Å². The number of benzene rings is 1. The summed E-state index contributed by atoms with van der Waals surface area (Å²) in [4.78, 5) is 29.2. The van der Waals surface area contributed by atoms with Crippen molar-refractivity contribution < 1.29 is 14.3 Å². The van der Waals surface area contributed by atoms with Gasteiger partial charge in [-0.1, -0.05) is 12.5 Å². The number of carbonyl (C=O) groups is 2. The van der Waals surface area contributed by atoms with Crippen LogP contribution in [0.1, 0.15) is 49.0 Å². The van der Waals surface area contributed by atoms with Gasteiger partial charge < -0.3 is 4.74 Å². The van der Waals surface area contributed by atoms with E-state index in [0.29, 0.717) is 11.3 Å². The number of nitrogens with zero attached hydrogens (tertiary/aromatic N) is 2. The third-order valence-corrected chi connectivity index (χ3v) is 5.48. The van der Waals surface area contributed by atoms with Crippen molar-refractivity contribution in [2.24, 2.45) is 0 Å². The Hall–Kier alpha value is -2.14. The number of rotatable bonds is 3. The molecule has 132 valence electrons. The number of ether oxygens (including phenoxy) is 1. The van der Waals surface area contributed by atoms with Gasteiger partial charge in [-0.05, 0) is 57.5 Å². The molecule has 0 bridgehead atoms. The monoisotopic (exact) mass is 340 g/mol. The van der Waals surface area contributed by atoms with Crippen LogP contribution in [0.4, 0.5) is 5.69 Å². The van der Waals surface area contributed by atoms with Gasteiger partial charge in [0.2, 0.25) is 0 Å². The lowest BCUT2D eigenvalue weighted by Crippen LogP contribution is -2.48. The highest BCUT2D eigenvalue weighted by molar-refractivity contribution is 6.53. The van der Waals surface area contributed by atoms with Gasteiger partial charge >= 0.3 is 0 Å². The van der Waals surface area contributed by atoms with E-state index in [9.17, 15) is 9.59 Å². The Bertz CT molecular complexity index is 788. The number of hydrogen-bond donors (Lipinski definition) is 0. The Kier molecular flexibility index (Phi) is 3.72. The molecular formula is C20H24N2O3. The maximum atomic E-state index is 12.6. The summed E-state index contributed by atoms with van der Waals surface area (Å²) in [7, 11) is 1.59. The summed E-state index contributed by atoms with van der Waals surface area (Å²) in [5, 5.41) is 0. The zero-order chi connectivity index (χ0) is 17.8. The largest absolute Gasteiger partial charge is 0.497 e. The average molecular weight is 340 g/mol. The van der Waals surface area contributed by atoms with E-state index < -0.39 is 17.2 Å². The van der Waals surface area contributed by atoms with Crippen molar-refractivity contribution in [1.82, 2.24) is 4.90 Å². The molecule has 5 heteroatoms. The van der Waals surface area contributed by atoms with Crippen molar-refractivity contribution in [3.05, 3.63) is 29.3 Å². The molecule has 5 nitrogen and oxygen atoms in total. The Morgan fingerprint density at radius 2 is 1.76 bits per heavy atom. The van der Waals surface area contributed by atoms with E-state index in [2.05, 4.69) is 11.0 Å². The van der Waals surface area contributed by atoms with Crippen LogP contribution in [0.5, 0.6) is 5.75 Å². The summed E-state index contributed by atoms with van der Waals surface area (Å²) >= 11 is 0. The van der Waals surface area contributed by atoms with E-state index >= 15 is 0 Å². The molecule has 1 fully saturated rings. The highest BCUT2D eigenvalue weighted by Gasteiger charge is 2.47. The standard InChI is InChI=1S/C20H24N2O3/c1-20(2)11-13(12-21-7-5-4-6-8-21)15-9-14(25-3)10-16-17(15)22(20)19(24)18(16)23/h9-11H,4-8,12H2,1-3H3. The summed E-state index contributed by atoms with van der Waals surface area (Å²) < 4.78 is 5.39. The van der Waals surface area contributed by atoms with Gasteiger partial charge in [0.25, 0.3) is 11.7 Å². The molecule has 0 aromatic heterocycles. The van der Waals surface area contributed by atoms with Crippen molar-refractivity contribution in [2.75, 3.05) is 31.6 Å². The highest BCUT2D eigenvalue weighted by atomic mass is 16.5. The van der Waals surface area contributed by atoms with Crippen LogP contribution < -0.4 is 9.64 Å². The third kappa shape index (κ3) is 2.49. The van der Waals surface area contributed by atoms with Crippen molar-refractivity contribution in [3.63, 3.8) is 0 Å². The maximum absolute atomic E-state index is 12.6. The Balaban J connectivity index is 1.84. The molecule has 3 aliphatic heterocycles. The zero-order valence-corrected chi connectivity index (χ0v) is 15.1. The molecule has 1 aromatic carbocycles.